The molecule has 0 saturated heterocycles. The highest BCUT2D eigenvalue weighted by molar-refractivity contribution is 5.93. The van der Waals surface area contributed by atoms with Crippen molar-refractivity contribution >= 4 is 23.5 Å². The number of aryl methyl sites for hydroxylation is 2. The van der Waals surface area contributed by atoms with E-state index in [-0.39, 0.29) is 30.9 Å². The number of nitrogens with zero attached hydrogens (tertiary/aromatic N) is 3. The van der Waals surface area contributed by atoms with Crippen LogP contribution in [0.5, 0.6) is 11.5 Å². The number of fused-ring (bicyclic) bond motifs is 1. The van der Waals surface area contributed by atoms with Gasteiger partial charge in [0.1, 0.15) is 6.33 Å². The summed E-state index contributed by atoms with van der Waals surface area (Å²) in [5, 5.41) is 9.81. The molecule has 2 heterocycles. The maximum Gasteiger partial charge on any atom is 0.262 e. The van der Waals surface area contributed by atoms with Crippen molar-refractivity contribution in [2.45, 2.75) is 33.2 Å². The van der Waals surface area contributed by atoms with Crippen LogP contribution in [-0.2, 0) is 9.59 Å². The number of aromatic nitrogens is 3. The van der Waals surface area contributed by atoms with Crippen LogP contribution in [0, 0.1) is 13.8 Å². The first-order valence-electron chi connectivity index (χ1n) is 10.4. The molecule has 9 nitrogen and oxygen atoms in total. The molecule has 0 saturated carbocycles. The number of hydrogen-bond acceptors (Lipinski definition) is 6. The largest absolute Gasteiger partial charge is 0.490 e. The Morgan fingerprint density at radius 1 is 1.19 bits per heavy atom. The fourth-order valence-electron chi connectivity index (χ4n) is 3.58. The maximum absolute atomic E-state index is 12.4. The van der Waals surface area contributed by atoms with Gasteiger partial charge in [0.25, 0.3) is 5.91 Å². The molecular formula is C23H25N5O4. The Hall–Kier alpha value is -3.88. The molecule has 2 aromatic carbocycles. The molecule has 0 unspecified atom stereocenters. The SMILES string of the molecule is CCOc1cc([C@H]2CC(=O)Nc3ncnn32)ccc1OCC(=O)Nc1cc(C)ccc1C. The summed E-state index contributed by atoms with van der Waals surface area (Å²) in [4.78, 5) is 28.6. The number of carbonyl (C=O) groups is 2. The van der Waals surface area contributed by atoms with E-state index in [2.05, 4.69) is 20.7 Å². The monoisotopic (exact) mass is 435 g/mol. The summed E-state index contributed by atoms with van der Waals surface area (Å²) in [5.41, 5.74) is 3.64. The maximum atomic E-state index is 12.4. The molecule has 0 fully saturated rings. The molecule has 166 valence electrons. The van der Waals surface area contributed by atoms with Crippen molar-refractivity contribution in [3.8, 4) is 11.5 Å². The molecule has 1 aliphatic rings. The third-order valence-corrected chi connectivity index (χ3v) is 5.18. The van der Waals surface area contributed by atoms with Gasteiger partial charge in [-0.05, 0) is 55.7 Å². The lowest BCUT2D eigenvalue weighted by atomic mass is 10.0. The van der Waals surface area contributed by atoms with Crippen molar-refractivity contribution in [2.24, 2.45) is 0 Å². The first-order chi connectivity index (χ1) is 15.4. The lowest BCUT2D eigenvalue weighted by Crippen LogP contribution is -2.29. The van der Waals surface area contributed by atoms with Crippen molar-refractivity contribution < 1.29 is 19.1 Å². The van der Waals surface area contributed by atoms with E-state index in [1.807, 2.05) is 51.1 Å². The standard InChI is InChI=1S/C23H25N5O4/c1-4-31-20-10-16(18-11-21(29)27-23-24-13-25-28(18)23)7-8-19(20)32-12-22(30)26-17-9-14(2)5-6-15(17)3/h5-10,13,18H,4,11-12H2,1-3H3,(H,26,30)(H,24,25,27,29)/t18-/m1/s1. The van der Waals surface area contributed by atoms with Crippen LogP contribution in [0.3, 0.4) is 0 Å². The Morgan fingerprint density at radius 3 is 2.84 bits per heavy atom. The molecule has 4 rings (SSSR count). The van der Waals surface area contributed by atoms with E-state index in [0.717, 1.165) is 22.4 Å². The summed E-state index contributed by atoms with van der Waals surface area (Å²) in [6.45, 7) is 6.04. The molecule has 1 aliphatic heterocycles. The van der Waals surface area contributed by atoms with Gasteiger partial charge in [-0.2, -0.15) is 10.1 Å². The van der Waals surface area contributed by atoms with Gasteiger partial charge in [-0.1, -0.05) is 18.2 Å². The lowest BCUT2D eigenvalue weighted by Gasteiger charge is -2.24. The van der Waals surface area contributed by atoms with Crippen molar-refractivity contribution in [3.63, 3.8) is 0 Å². The minimum Gasteiger partial charge on any atom is -0.490 e. The van der Waals surface area contributed by atoms with Gasteiger partial charge in [0, 0.05) is 5.69 Å². The summed E-state index contributed by atoms with van der Waals surface area (Å²) in [5.74, 6) is 0.967. The highest BCUT2D eigenvalue weighted by atomic mass is 16.5. The Kier molecular flexibility index (Phi) is 6.07. The smallest absolute Gasteiger partial charge is 0.262 e. The van der Waals surface area contributed by atoms with E-state index in [9.17, 15) is 9.59 Å². The van der Waals surface area contributed by atoms with Gasteiger partial charge in [0.15, 0.2) is 18.1 Å². The van der Waals surface area contributed by atoms with E-state index < -0.39 is 0 Å². The van der Waals surface area contributed by atoms with Crippen molar-refractivity contribution in [3.05, 3.63) is 59.4 Å². The van der Waals surface area contributed by atoms with Crippen LogP contribution < -0.4 is 20.1 Å². The van der Waals surface area contributed by atoms with Crippen molar-refractivity contribution in [1.29, 1.82) is 0 Å². The number of benzene rings is 2. The fraction of sp³-hybridized carbons (Fsp3) is 0.304. The minimum absolute atomic E-state index is 0.128. The summed E-state index contributed by atoms with van der Waals surface area (Å²) in [7, 11) is 0. The second kappa shape index (κ2) is 9.09. The van der Waals surface area contributed by atoms with Crippen LogP contribution in [0.4, 0.5) is 11.6 Å². The number of anilines is 2. The van der Waals surface area contributed by atoms with Crippen LogP contribution >= 0.6 is 0 Å². The van der Waals surface area contributed by atoms with Crippen LogP contribution in [0.15, 0.2) is 42.7 Å². The van der Waals surface area contributed by atoms with E-state index >= 15 is 0 Å². The van der Waals surface area contributed by atoms with Crippen LogP contribution in [0.2, 0.25) is 0 Å². The molecule has 2 amide bonds. The van der Waals surface area contributed by atoms with Gasteiger partial charge in [0.05, 0.1) is 19.1 Å². The second-order valence-electron chi connectivity index (χ2n) is 7.59. The van der Waals surface area contributed by atoms with E-state index in [1.54, 1.807) is 10.7 Å². The number of nitrogens with one attached hydrogen (secondary N) is 2. The van der Waals surface area contributed by atoms with Gasteiger partial charge in [-0.3, -0.25) is 14.9 Å². The predicted octanol–water partition coefficient (Wildman–Crippen LogP) is 3.24. The van der Waals surface area contributed by atoms with Gasteiger partial charge in [0.2, 0.25) is 11.9 Å². The number of hydrogen-bond donors (Lipinski definition) is 2. The Bertz CT molecular complexity index is 1160. The van der Waals surface area contributed by atoms with Gasteiger partial charge in [-0.15, -0.1) is 0 Å². The number of ether oxygens (including phenoxy) is 2. The third kappa shape index (κ3) is 4.56. The Morgan fingerprint density at radius 2 is 2.03 bits per heavy atom. The van der Waals surface area contributed by atoms with E-state index in [0.29, 0.717) is 24.1 Å². The molecule has 0 radical (unpaired) electrons. The molecule has 9 heteroatoms. The van der Waals surface area contributed by atoms with Crippen LogP contribution in [-0.4, -0.2) is 39.8 Å². The molecule has 32 heavy (non-hydrogen) atoms. The van der Waals surface area contributed by atoms with E-state index in [1.165, 1.54) is 6.33 Å². The van der Waals surface area contributed by atoms with Crippen LogP contribution in [0.25, 0.3) is 0 Å². The molecule has 0 spiro atoms. The second-order valence-corrected chi connectivity index (χ2v) is 7.59. The number of amides is 2. The van der Waals surface area contributed by atoms with E-state index in [4.69, 9.17) is 9.47 Å². The molecule has 1 atom stereocenters. The number of carbonyl (C=O) groups excluding carboxylic acids is 2. The van der Waals surface area contributed by atoms with Crippen molar-refractivity contribution in [2.75, 3.05) is 23.8 Å². The summed E-state index contributed by atoms with van der Waals surface area (Å²) in [6.07, 6.45) is 1.64. The summed E-state index contributed by atoms with van der Waals surface area (Å²) < 4.78 is 13.2. The first-order valence-corrected chi connectivity index (χ1v) is 10.4. The summed E-state index contributed by atoms with van der Waals surface area (Å²) in [6, 6.07) is 11.0. The highest BCUT2D eigenvalue weighted by Gasteiger charge is 2.28. The minimum atomic E-state index is -0.304. The molecule has 1 aromatic heterocycles. The topological polar surface area (TPSA) is 107 Å². The van der Waals surface area contributed by atoms with Crippen LogP contribution in [0.1, 0.15) is 36.1 Å². The average molecular weight is 435 g/mol. The van der Waals surface area contributed by atoms with Crippen molar-refractivity contribution in [1.82, 2.24) is 14.8 Å². The predicted molar refractivity (Wildman–Crippen MR) is 119 cm³/mol. The Balaban J connectivity index is 1.50. The van der Waals surface area contributed by atoms with Gasteiger partial charge >= 0.3 is 0 Å². The quantitative estimate of drug-likeness (QED) is 0.590. The fourth-order valence-corrected chi connectivity index (χ4v) is 3.58. The first kappa shape index (κ1) is 21.4. The summed E-state index contributed by atoms with van der Waals surface area (Å²) >= 11 is 0. The highest BCUT2D eigenvalue weighted by Crippen LogP contribution is 2.35. The molecule has 2 N–H and O–H groups in total. The van der Waals surface area contributed by atoms with Gasteiger partial charge in [-0.25, -0.2) is 4.68 Å². The molecular weight excluding hydrogens is 410 g/mol. The Labute approximate surface area is 185 Å². The molecule has 3 aromatic rings. The zero-order valence-corrected chi connectivity index (χ0v) is 18.2. The number of rotatable bonds is 7. The lowest BCUT2D eigenvalue weighted by molar-refractivity contribution is -0.118. The zero-order chi connectivity index (χ0) is 22.7. The molecule has 0 bridgehead atoms. The normalized spacial score (nSPS) is 15.0. The molecule has 0 aliphatic carbocycles. The third-order valence-electron chi connectivity index (χ3n) is 5.18. The zero-order valence-electron chi connectivity index (χ0n) is 18.2. The van der Waals surface area contributed by atoms with Gasteiger partial charge < -0.3 is 14.8 Å². The average Bonchev–Trinajstić information content (AvgIpc) is 3.23.